The summed E-state index contributed by atoms with van der Waals surface area (Å²) in [6, 6.07) is 0.413. The second-order valence-electron chi connectivity index (χ2n) is 6.06. The Morgan fingerprint density at radius 1 is 1.12 bits per heavy atom. The Kier molecular flexibility index (Phi) is 6.61. The van der Waals surface area contributed by atoms with Crippen LogP contribution in [0.3, 0.4) is 0 Å². The highest BCUT2D eigenvalue weighted by atomic mass is 14.9. The lowest BCUT2D eigenvalue weighted by Gasteiger charge is -2.22. The van der Waals surface area contributed by atoms with Crippen LogP contribution in [-0.2, 0) is 0 Å². The first-order chi connectivity index (χ1) is 8.09. The van der Waals surface area contributed by atoms with Crippen LogP contribution in [0.1, 0.15) is 72.1 Å². The number of aliphatic imine (C=N–C) groups is 1. The number of hydrogen-bond donors (Lipinski definition) is 1. The third-order valence-corrected chi connectivity index (χ3v) is 3.80. The van der Waals surface area contributed by atoms with E-state index in [1.54, 1.807) is 0 Å². The molecule has 2 nitrogen and oxygen atoms in total. The van der Waals surface area contributed by atoms with E-state index in [-0.39, 0.29) is 0 Å². The smallest absolute Gasteiger partial charge is 0.0971 e. The molecule has 0 saturated heterocycles. The van der Waals surface area contributed by atoms with Gasteiger partial charge in [-0.25, -0.2) is 0 Å². The maximum atomic E-state index is 6.13. The van der Waals surface area contributed by atoms with Crippen LogP contribution < -0.4 is 5.73 Å². The number of amidine groups is 1. The minimum atomic E-state index is 0.413. The molecule has 17 heavy (non-hydrogen) atoms. The van der Waals surface area contributed by atoms with Gasteiger partial charge in [0.05, 0.1) is 5.84 Å². The second-order valence-corrected chi connectivity index (χ2v) is 6.06. The molecule has 1 aliphatic carbocycles. The van der Waals surface area contributed by atoms with E-state index in [0.29, 0.717) is 12.0 Å². The van der Waals surface area contributed by atoms with Crippen molar-refractivity contribution in [1.29, 1.82) is 0 Å². The molecule has 0 bridgehead atoms. The molecular weight excluding hydrogens is 208 g/mol. The molecule has 0 radical (unpaired) electrons. The van der Waals surface area contributed by atoms with Gasteiger partial charge in [-0.1, -0.05) is 46.0 Å². The molecule has 1 rings (SSSR count). The van der Waals surface area contributed by atoms with Crippen molar-refractivity contribution in [1.82, 2.24) is 0 Å². The molecule has 0 spiro atoms. The third kappa shape index (κ3) is 6.09. The van der Waals surface area contributed by atoms with E-state index in [1.165, 1.54) is 51.4 Å². The molecular formula is C15H30N2. The van der Waals surface area contributed by atoms with Crippen LogP contribution in [0.25, 0.3) is 0 Å². The van der Waals surface area contributed by atoms with Crippen molar-refractivity contribution in [3.05, 3.63) is 0 Å². The van der Waals surface area contributed by atoms with Gasteiger partial charge in [0.25, 0.3) is 0 Å². The van der Waals surface area contributed by atoms with E-state index in [4.69, 9.17) is 10.7 Å². The summed E-state index contributed by atoms with van der Waals surface area (Å²) in [6.45, 7) is 6.77. The molecule has 0 heterocycles. The fraction of sp³-hybridized carbons (Fsp3) is 0.933. The van der Waals surface area contributed by atoms with Gasteiger partial charge in [-0.2, -0.15) is 0 Å². The predicted molar refractivity (Wildman–Crippen MR) is 76.3 cm³/mol. The average Bonchev–Trinajstić information content (AvgIpc) is 2.29. The molecule has 100 valence electrons. The summed E-state index contributed by atoms with van der Waals surface area (Å²) in [5, 5.41) is 0. The number of nitrogens with zero attached hydrogens (tertiary/aromatic N) is 1. The molecule has 0 aromatic carbocycles. The predicted octanol–water partition coefficient (Wildman–Crippen LogP) is 4.14. The van der Waals surface area contributed by atoms with Crippen LogP contribution in [-0.4, -0.2) is 11.9 Å². The van der Waals surface area contributed by atoms with E-state index in [2.05, 4.69) is 20.8 Å². The van der Waals surface area contributed by atoms with Gasteiger partial charge in [0.2, 0.25) is 0 Å². The van der Waals surface area contributed by atoms with Crippen LogP contribution >= 0.6 is 0 Å². The summed E-state index contributed by atoms with van der Waals surface area (Å²) in [5.41, 5.74) is 6.13. The SMILES string of the molecule is CC(C)CCCC(C)N=C(N)C1CCCCC1. The van der Waals surface area contributed by atoms with E-state index < -0.39 is 0 Å². The van der Waals surface area contributed by atoms with Crippen molar-refractivity contribution < 1.29 is 0 Å². The molecule has 1 unspecified atom stereocenters. The van der Waals surface area contributed by atoms with Gasteiger partial charge in [-0.15, -0.1) is 0 Å². The Balaban J connectivity index is 2.28. The molecule has 0 aromatic heterocycles. The summed E-state index contributed by atoms with van der Waals surface area (Å²) in [7, 11) is 0. The highest BCUT2D eigenvalue weighted by molar-refractivity contribution is 5.83. The monoisotopic (exact) mass is 238 g/mol. The molecule has 2 N–H and O–H groups in total. The average molecular weight is 238 g/mol. The van der Waals surface area contributed by atoms with E-state index >= 15 is 0 Å². The van der Waals surface area contributed by atoms with Crippen molar-refractivity contribution in [2.45, 2.75) is 78.2 Å². The third-order valence-electron chi connectivity index (χ3n) is 3.80. The normalized spacial score (nSPS) is 20.8. The van der Waals surface area contributed by atoms with Crippen LogP contribution in [0.5, 0.6) is 0 Å². The fourth-order valence-electron chi connectivity index (χ4n) is 2.64. The lowest BCUT2D eigenvalue weighted by molar-refractivity contribution is 0.434. The maximum Gasteiger partial charge on any atom is 0.0971 e. The first-order valence-electron chi connectivity index (χ1n) is 7.42. The number of rotatable bonds is 6. The Labute approximate surface area is 107 Å². The van der Waals surface area contributed by atoms with E-state index in [1.807, 2.05) is 0 Å². The summed E-state index contributed by atoms with van der Waals surface area (Å²) < 4.78 is 0. The molecule has 1 aliphatic rings. The zero-order chi connectivity index (χ0) is 12.7. The highest BCUT2D eigenvalue weighted by Gasteiger charge is 2.17. The van der Waals surface area contributed by atoms with Gasteiger partial charge >= 0.3 is 0 Å². The van der Waals surface area contributed by atoms with Crippen molar-refractivity contribution in [2.24, 2.45) is 22.6 Å². The number of hydrogen-bond acceptors (Lipinski definition) is 1. The van der Waals surface area contributed by atoms with Crippen LogP contribution in [0.4, 0.5) is 0 Å². The lowest BCUT2D eigenvalue weighted by atomic mass is 9.88. The second kappa shape index (κ2) is 7.73. The maximum absolute atomic E-state index is 6.13. The quantitative estimate of drug-likeness (QED) is 0.548. The lowest BCUT2D eigenvalue weighted by Crippen LogP contribution is -2.27. The Bertz CT molecular complexity index is 227. The highest BCUT2D eigenvalue weighted by Crippen LogP contribution is 2.24. The molecule has 0 aromatic rings. The molecule has 1 fully saturated rings. The largest absolute Gasteiger partial charge is 0.387 e. The van der Waals surface area contributed by atoms with Gasteiger partial charge in [0.15, 0.2) is 0 Å². The summed E-state index contributed by atoms with van der Waals surface area (Å²) >= 11 is 0. The molecule has 1 atom stereocenters. The fourth-order valence-corrected chi connectivity index (χ4v) is 2.64. The molecule has 0 aliphatic heterocycles. The minimum absolute atomic E-state index is 0.413. The zero-order valence-corrected chi connectivity index (χ0v) is 11.9. The Morgan fingerprint density at radius 2 is 1.76 bits per heavy atom. The van der Waals surface area contributed by atoms with Crippen LogP contribution in [0.15, 0.2) is 4.99 Å². The minimum Gasteiger partial charge on any atom is -0.387 e. The van der Waals surface area contributed by atoms with Gasteiger partial charge in [0, 0.05) is 12.0 Å². The van der Waals surface area contributed by atoms with E-state index in [0.717, 1.165) is 11.8 Å². The van der Waals surface area contributed by atoms with Crippen LogP contribution in [0, 0.1) is 11.8 Å². The van der Waals surface area contributed by atoms with Crippen LogP contribution in [0.2, 0.25) is 0 Å². The zero-order valence-electron chi connectivity index (χ0n) is 11.9. The van der Waals surface area contributed by atoms with Crippen molar-refractivity contribution >= 4 is 5.84 Å². The standard InChI is InChI=1S/C15H30N2/c1-12(2)8-7-9-13(3)17-15(16)14-10-5-4-6-11-14/h12-14H,4-11H2,1-3H3,(H2,16,17). The van der Waals surface area contributed by atoms with Crippen molar-refractivity contribution in [3.8, 4) is 0 Å². The Hall–Kier alpha value is -0.530. The summed E-state index contributed by atoms with van der Waals surface area (Å²) in [5.74, 6) is 2.32. The van der Waals surface area contributed by atoms with Gasteiger partial charge in [-0.05, 0) is 32.1 Å². The van der Waals surface area contributed by atoms with E-state index in [9.17, 15) is 0 Å². The van der Waals surface area contributed by atoms with Gasteiger partial charge in [0.1, 0.15) is 0 Å². The summed E-state index contributed by atoms with van der Waals surface area (Å²) in [6.07, 6.45) is 10.3. The number of nitrogens with two attached hydrogens (primary N) is 1. The summed E-state index contributed by atoms with van der Waals surface area (Å²) in [4.78, 5) is 4.69. The van der Waals surface area contributed by atoms with Crippen molar-refractivity contribution in [3.63, 3.8) is 0 Å². The molecule has 1 saturated carbocycles. The van der Waals surface area contributed by atoms with Gasteiger partial charge in [-0.3, -0.25) is 4.99 Å². The first kappa shape index (κ1) is 14.5. The molecule has 0 amide bonds. The first-order valence-corrected chi connectivity index (χ1v) is 7.42. The molecule has 2 heteroatoms. The van der Waals surface area contributed by atoms with Crippen molar-refractivity contribution in [2.75, 3.05) is 0 Å². The van der Waals surface area contributed by atoms with Gasteiger partial charge < -0.3 is 5.73 Å². The Morgan fingerprint density at radius 3 is 2.35 bits per heavy atom. The topological polar surface area (TPSA) is 38.4 Å².